The number of anilines is 1. The van der Waals surface area contributed by atoms with Crippen LogP contribution >= 0.6 is 11.6 Å². The SMILES string of the molecule is C/C(=N\NC(=O)CNc1cccc(Cl)c1C)c1ccc(C)cc1. The van der Waals surface area contributed by atoms with Gasteiger partial charge in [-0.15, -0.1) is 0 Å². The Kier molecular flexibility index (Phi) is 5.77. The second-order valence-electron chi connectivity index (χ2n) is 5.36. The second-order valence-corrected chi connectivity index (χ2v) is 5.77. The lowest BCUT2D eigenvalue weighted by molar-refractivity contribution is -0.119. The molecule has 0 saturated heterocycles. The maximum Gasteiger partial charge on any atom is 0.259 e. The molecule has 0 aliphatic heterocycles. The Balaban J connectivity index is 1.91. The summed E-state index contributed by atoms with van der Waals surface area (Å²) in [6.07, 6.45) is 0. The standard InChI is InChI=1S/C18H20ClN3O/c1-12-7-9-15(10-8-12)14(3)21-22-18(23)11-20-17-6-4-5-16(19)13(17)2/h4-10,20H,11H2,1-3H3,(H,22,23)/b21-14+. The molecule has 0 radical (unpaired) electrons. The van der Waals surface area contributed by atoms with E-state index in [1.807, 2.05) is 63.2 Å². The number of benzene rings is 2. The highest BCUT2D eigenvalue weighted by Gasteiger charge is 2.05. The van der Waals surface area contributed by atoms with Crippen molar-refractivity contribution in [2.75, 3.05) is 11.9 Å². The van der Waals surface area contributed by atoms with Gasteiger partial charge in [-0.25, -0.2) is 5.43 Å². The van der Waals surface area contributed by atoms with E-state index in [2.05, 4.69) is 15.8 Å². The van der Waals surface area contributed by atoms with Gasteiger partial charge in [0.1, 0.15) is 0 Å². The number of halogens is 1. The summed E-state index contributed by atoms with van der Waals surface area (Å²) in [5.74, 6) is -0.212. The maximum atomic E-state index is 11.9. The van der Waals surface area contributed by atoms with Crippen LogP contribution in [0.4, 0.5) is 5.69 Å². The Hall–Kier alpha value is -2.33. The summed E-state index contributed by atoms with van der Waals surface area (Å²) in [5, 5.41) is 7.86. The monoisotopic (exact) mass is 329 g/mol. The molecule has 4 nitrogen and oxygen atoms in total. The lowest BCUT2D eigenvalue weighted by Crippen LogP contribution is -2.27. The van der Waals surface area contributed by atoms with E-state index in [1.165, 1.54) is 5.56 Å². The largest absolute Gasteiger partial charge is 0.376 e. The molecule has 0 saturated carbocycles. The molecule has 2 rings (SSSR count). The molecule has 23 heavy (non-hydrogen) atoms. The van der Waals surface area contributed by atoms with Gasteiger partial charge in [-0.2, -0.15) is 5.10 Å². The van der Waals surface area contributed by atoms with E-state index in [9.17, 15) is 4.79 Å². The first-order valence-corrected chi connectivity index (χ1v) is 7.74. The number of carbonyl (C=O) groups is 1. The Bertz CT molecular complexity index is 724. The van der Waals surface area contributed by atoms with Crippen LogP contribution in [0.2, 0.25) is 5.02 Å². The van der Waals surface area contributed by atoms with Crippen molar-refractivity contribution in [2.45, 2.75) is 20.8 Å². The smallest absolute Gasteiger partial charge is 0.259 e. The number of nitrogens with one attached hydrogen (secondary N) is 2. The molecule has 1 amide bonds. The molecule has 0 atom stereocenters. The number of amides is 1. The first-order chi connectivity index (χ1) is 11.0. The van der Waals surface area contributed by atoms with Crippen LogP contribution in [0.3, 0.4) is 0 Å². The van der Waals surface area contributed by atoms with Crippen molar-refractivity contribution in [1.82, 2.24) is 5.43 Å². The summed E-state index contributed by atoms with van der Waals surface area (Å²) in [7, 11) is 0. The number of carbonyl (C=O) groups excluding carboxylic acids is 1. The van der Waals surface area contributed by atoms with Crippen LogP contribution in [-0.2, 0) is 4.79 Å². The van der Waals surface area contributed by atoms with Crippen molar-refractivity contribution < 1.29 is 4.79 Å². The van der Waals surface area contributed by atoms with Crippen LogP contribution in [0, 0.1) is 13.8 Å². The van der Waals surface area contributed by atoms with E-state index in [4.69, 9.17) is 11.6 Å². The Morgan fingerprint density at radius 1 is 1.13 bits per heavy atom. The molecule has 0 aromatic heterocycles. The van der Waals surface area contributed by atoms with Gasteiger partial charge in [0.15, 0.2) is 0 Å². The van der Waals surface area contributed by atoms with Crippen LogP contribution in [-0.4, -0.2) is 18.2 Å². The second kappa shape index (κ2) is 7.79. The highest BCUT2D eigenvalue weighted by atomic mass is 35.5. The molecule has 0 heterocycles. The van der Waals surface area contributed by atoms with Crippen molar-refractivity contribution in [3.05, 3.63) is 64.2 Å². The molecule has 2 N–H and O–H groups in total. The highest BCUT2D eigenvalue weighted by Crippen LogP contribution is 2.22. The van der Waals surface area contributed by atoms with E-state index >= 15 is 0 Å². The van der Waals surface area contributed by atoms with Crippen molar-refractivity contribution in [2.24, 2.45) is 5.10 Å². The quantitative estimate of drug-likeness (QED) is 0.645. The minimum absolute atomic E-state index is 0.131. The third-order valence-corrected chi connectivity index (χ3v) is 3.93. The van der Waals surface area contributed by atoms with Gasteiger partial charge >= 0.3 is 0 Å². The molecule has 2 aromatic carbocycles. The topological polar surface area (TPSA) is 53.5 Å². The molecular formula is C18H20ClN3O. The third kappa shape index (κ3) is 4.83. The molecule has 120 valence electrons. The number of nitrogens with zero attached hydrogens (tertiary/aromatic N) is 1. The van der Waals surface area contributed by atoms with Gasteiger partial charge in [-0.1, -0.05) is 47.5 Å². The highest BCUT2D eigenvalue weighted by molar-refractivity contribution is 6.31. The van der Waals surface area contributed by atoms with Crippen molar-refractivity contribution in [3.63, 3.8) is 0 Å². The fourth-order valence-electron chi connectivity index (χ4n) is 2.02. The first kappa shape index (κ1) is 17.0. The lowest BCUT2D eigenvalue weighted by Gasteiger charge is -2.10. The average Bonchev–Trinajstić information content (AvgIpc) is 2.54. The van der Waals surface area contributed by atoms with E-state index in [0.29, 0.717) is 5.02 Å². The van der Waals surface area contributed by atoms with Crippen LogP contribution in [0.15, 0.2) is 47.6 Å². The molecule has 0 aliphatic carbocycles. The summed E-state index contributed by atoms with van der Waals surface area (Å²) in [5.41, 5.74) is 7.24. The zero-order valence-corrected chi connectivity index (χ0v) is 14.2. The predicted octanol–water partition coefficient (Wildman–Crippen LogP) is 3.91. The zero-order valence-electron chi connectivity index (χ0n) is 13.5. The minimum Gasteiger partial charge on any atom is -0.376 e. The number of rotatable bonds is 5. The molecule has 5 heteroatoms. The van der Waals surface area contributed by atoms with E-state index in [-0.39, 0.29) is 12.5 Å². The number of hydrogen-bond acceptors (Lipinski definition) is 3. The Morgan fingerprint density at radius 3 is 2.52 bits per heavy atom. The van der Waals surface area contributed by atoms with Gasteiger partial charge in [0, 0.05) is 10.7 Å². The fourth-order valence-corrected chi connectivity index (χ4v) is 2.19. The van der Waals surface area contributed by atoms with E-state index in [0.717, 1.165) is 22.5 Å². The lowest BCUT2D eigenvalue weighted by atomic mass is 10.1. The molecular weight excluding hydrogens is 310 g/mol. The first-order valence-electron chi connectivity index (χ1n) is 7.36. The summed E-state index contributed by atoms with van der Waals surface area (Å²) in [6, 6.07) is 13.5. The molecule has 0 fully saturated rings. The van der Waals surface area contributed by atoms with Gasteiger partial charge in [-0.05, 0) is 44.0 Å². The molecule has 0 unspecified atom stereocenters. The van der Waals surface area contributed by atoms with Crippen molar-refractivity contribution >= 4 is 28.9 Å². The number of hydrazone groups is 1. The zero-order chi connectivity index (χ0) is 16.8. The van der Waals surface area contributed by atoms with E-state index < -0.39 is 0 Å². The van der Waals surface area contributed by atoms with Crippen molar-refractivity contribution in [3.8, 4) is 0 Å². The molecule has 0 bridgehead atoms. The van der Waals surface area contributed by atoms with Crippen molar-refractivity contribution in [1.29, 1.82) is 0 Å². The van der Waals surface area contributed by atoms with Crippen LogP contribution in [0.25, 0.3) is 0 Å². The Labute approximate surface area is 141 Å². The summed E-state index contributed by atoms with van der Waals surface area (Å²) >= 11 is 6.05. The number of aryl methyl sites for hydroxylation is 1. The fraction of sp³-hybridized carbons (Fsp3) is 0.222. The van der Waals surface area contributed by atoms with Gasteiger partial charge < -0.3 is 5.32 Å². The van der Waals surface area contributed by atoms with E-state index in [1.54, 1.807) is 0 Å². The summed E-state index contributed by atoms with van der Waals surface area (Å²) in [4.78, 5) is 11.9. The summed E-state index contributed by atoms with van der Waals surface area (Å²) in [6.45, 7) is 5.93. The molecule has 0 spiro atoms. The number of hydrogen-bond donors (Lipinski definition) is 2. The molecule has 0 aliphatic rings. The van der Waals surface area contributed by atoms with Gasteiger partial charge in [0.25, 0.3) is 5.91 Å². The molecule has 2 aromatic rings. The van der Waals surface area contributed by atoms with Gasteiger partial charge in [0.05, 0.1) is 12.3 Å². The maximum absolute atomic E-state index is 11.9. The van der Waals surface area contributed by atoms with Gasteiger partial charge in [0.2, 0.25) is 0 Å². The normalized spacial score (nSPS) is 11.2. The summed E-state index contributed by atoms with van der Waals surface area (Å²) < 4.78 is 0. The average molecular weight is 330 g/mol. The van der Waals surface area contributed by atoms with Crippen LogP contribution in [0.1, 0.15) is 23.6 Å². The van der Waals surface area contributed by atoms with Gasteiger partial charge in [-0.3, -0.25) is 4.79 Å². The minimum atomic E-state index is -0.212. The predicted molar refractivity (Wildman–Crippen MR) is 96.2 cm³/mol. The van der Waals surface area contributed by atoms with Crippen LogP contribution in [0.5, 0.6) is 0 Å². The Morgan fingerprint density at radius 2 is 1.83 bits per heavy atom. The third-order valence-electron chi connectivity index (χ3n) is 3.52. The van der Waals surface area contributed by atoms with Crippen LogP contribution < -0.4 is 10.7 Å².